The number of ketones is 1. The third kappa shape index (κ3) is 4.92. The first-order valence-electron chi connectivity index (χ1n) is 9.70. The maximum absolute atomic E-state index is 12.3. The average molecular weight is 411 g/mol. The predicted octanol–water partition coefficient (Wildman–Crippen LogP) is 3.32. The number of carbonyl (C=O) groups is 2. The topological polar surface area (TPSA) is 116 Å². The molecule has 0 radical (unpaired) electrons. The highest BCUT2D eigenvalue weighted by molar-refractivity contribution is 5.94. The summed E-state index contributed by atoms with van der Waals surface area (Å²) < 4.78 is 5.67. The molecule has 0 saturated carbocycles. The molecule has 4 N–H and O–H groups in total. The molecule has 2 atom stereocenters. The van der Waals surface area contributed by atoms with Crippen LogP contribution in [0.1, 0.15) is 36.0 Å². The number of fused-ring (bicyclic) bond motifs is 1. The molecule has 7 heteroatoms. The van der Waals surface area contributed by atoms with E-state index < -0.39 is 12.2 Å². The molecule has 158 valence electrons. The first kappa shape index (κ1) is 21.2. The molecule has 2 aromatic carbocycles. The molecule has 1 amide bonds. The van der Waals surface area contributed by atoms with Crippen LogP contribution in [0.5, 0.6) is 17.2 Å². The summed E-state index contributed by atoms with van der Waals surface area (Å²) in [5.41, 5.74) is 3.03. The van der Waals surface area contributed by atoms with Gasteiger partial charge in [0, 0.05) is 25.3 Å². The van der Waals surface area contributed by atoms with Gasteiger partial charge in [0.1, 0.15) is 11.9 Å². The van der Waals surface area contributed by atoms with Crippen molar-refractivity contribution in [3.05, 3.63) is 65.2 Å². The van der Waals surface area contributed by atoms with E-state index >= 15 is 0 Å². The van der Waals surface area contributed by atoms with Crippen molar-refractivity contribution in [1.29, 1.82) is 0 Å². The van der Waals surface area contributed by atoms with E-state index in [1.165, 1.54) is 12.1 Å². The van der Waals surface area contributed by atoms with E-state index in [1.807, 2.05) is 0 Å². The third-order valence-electron chi connectivity index (χ3n) is 5.28. The van der Waals surface area contributed by atoms with E-state index in [4.69, 9.17) is 4.74 Å². The normalized spacial score (nSPS) is 17.6. The van der Waals surface area contributed by atoms with Gasteiger partial charge in [-0.05, 0) is 59.9 Å². The molecular weight excluding hydrogens is 386 g/mol. The Hall–Kier alpha value is -3.48. The first-order chi connectivity index (χ1) is 14.2. The summed E-state index contributed by atoms with van der Waals surface area (Å²) >= 11 is 0. The fourth-order valence-corrected chi connectivity index (χ4v) is 3.63. The molecule has 0 fully saturated rings. The van der Waals surface area contributed by atoms with Crippen LogP contribution >= 0.6 is 0 Å². The number of alkyl carbamates (subject to hydrolysis) is 1. The largest absolute Gasteiger partial charge is 0.508 e. The number of benzene rings is 2. The molecule has 1 aliphatic rings. The van der Waals surface area contributed by atoms with Gasteiger partial charge in [0.15, 0.2) is 17.3 Å². The monoisotopic (exact) mass is 411 g/mol. The van der Waals surface area contributed by atoms with Gasteiger partial charge in [0.25, 0.3) is 0 Å². The van der Waals surface area contributed by atoms with Crippen molar-refractivity contribution in [2.45, 2.75) is 38.2 Å². The molecule has 1 aliphatic carbocycles. The van der Waals surface area contributed by atoms with Crippen LogP contribution in [0.4, 0.5) is 4.79 Å². The number of hydrogen-bond donors (Lipinski definition) is 4. The van der Waals surface area contributed by atoms with Gasteiger partial charge in [0.2, 0.25) is 0 Å². The Bertz CT molecular complexity index is 984. The fraction of sp³-hybridized carbons (Fsp3) is 0.304. The van der Waals surface area contributed by atoms with Gasteiger partial charge in [-0.1, -0.05) is 18.7 Å². The zero-order valence-corrected chi connectivity index (χ0v) is 16.7. The zero-order chi connectivity index (χ0) is 21.8. The van der Waals surface area contributed by atoms with Gasteiger partial charge >= 0.3 is 6.09 Å². The summed E-state index contributed by atoms with van der Waals surface area (Å²) in [6.45, 7) is 5.35. The van der Waals surface area contributed by atoms with E-state index in [0.29, 0.717) is 24.0 Å². The second-order valence-electron chi connectivity index (χ2n) is 7.54. The van der Waals surface area contributed by atoms with Crippen LogP contribution in [0.2, 0.25) is 0 Å². The molecule has 30 heavy (non-hydrogen) atoms. The maximum atomic E-state index is 12.3. The summed E-state index contributed by atoms with van der Waals surface area (Å²) in [7, 11) is 0. The maximum Gasteiger partial charge on any atom is 0.407 e. The molecule has 0 saturated heterocycles. The number of amides is 1. The summed E-state index contributed by atoms with van der Waals surface area (Å²) in [5, 5.41) is 31.9. The van der Waals surface area contributed by atoms with E-state index in [2.05, 4.69) is 11.9 Å². The van der Waals surface area contributed by atoms with Crippen LogP contribution in [0, 0.1) is 0 Å². The summed E-state index contributed by atoms with van der Waals surface area (Å²) in [6, 6.07) is 9.59. The van der Waals surface area contributed by atoms with Crippen LogP contribution in [0.25, 0.3) is 0 Å². The van der Waals surface area contributed by atoms with E-state index in [9.17, 15) is 24.9 Å². The number of Topliss-reactive ketones (excluding diaryl/α,β-unsaturated/α-hetero) is 1. The second kappa shape index (κ2) is 8.90. The number of aromatic hydroxyl groups is 3. The smallest absolute Gasteiger partial charge is 0.407 e. The van der Waals surface area contributed by atoms with Crippen molar-refractivity contribution >= 4 is 11.9 Å². The first-order valence-corrected chi connectivity index (χ1v) is 9.70. The Morgan fingerprint density at radius 1 is 1.07 bits per heavy atom. The number of allylic oxidation sites excluding steroid dienone is 1. The molecule has 0 spiro atoms. The second-order valence-corrected chi connectivity index (χ2v) is 7.54. The highest BCUT2D eigenvalue weighted by Crippen LogP contribution is 2.38. The van der Waals surface area contributed by atoms with Crippen LogP contribution in [0.3, 0.4) is 0 Å². The SMILES string of the molecule is C=C(C)C(=O)CCNC(=O)OC1Cc2ccc(O)cc2CC1c1ccc(O)c(O)c1. The number of carbonyl (C=O) groups excluding carboxylic acids is 2. The Kier molecular flexibility index (Phi) is 6.30. The van der Waals surface area contributed by atoms with Gasteiger partial charge in [-0.15, -0.1) is 0 Å². The van der Waals surface area contributed by atoms with Gasteiger partial charge in [0.05, 0.1) is 0 Å². The Balaban J connectivity index is 1.77. The van der Waals surface area contributed by atoms with Crippen LogP contribution in [-0.2, 0) is 22.4 Å². The van der Waals surface area contributed by atoms with Crippen molar-refractivity contribution < 1.29 is 29.6 Å². The van der Waals surface area contributed by atoms with Crippen molar-refractivity contribution in [1.82, 2.24) is 5.32 Å². The number of hydrogen-bond acceptors (Lipinski definition) is 6. The molecule has 7 nitrogen and oxygen atoms in total. The lowest BCUT2D eigenvalue weighted by Gasteiger charge is -2.33. The quantitative estimate of drug-likeness (QED) is 0.428. The average Bonchev–Trinajstić information content (AvgIpc) is 2.69. The fourth-order valence-electron chi connectivity index (χ4n) is 3.63. The minimum Gasteiger partial charge on any atom is -0.508 e. The zero-order valence-electron chi connectivity index (χ0n) is 16.7. The molecule has 0 aliphatic heterocycles. The molecule has 0 aromatic heterocycles. The molecule has 2 unspecified atom stereocenters. The Labute approximate surface area is 174 Å². The van der Waals surface area contributed by atoms with Crippen molar-refractivity contribution in [3.8, 4) is 17.2 Å². The van der Waals surface area contributed by atoms with Gasteiger partial charge in [-0.25, -0.2) is 4.79 Å². The van der Waals surface area contributed by atoms with Crippen LogP contribution < -0.4 is 5.32 Å². The van der Waals surface area contributed by atoms with E-state index in [0.717, 1.165) is 11.1 Å². The molecule has 3 rings (SSSR count). The minimum atomic E-state index is -0.634. The highest BCUT2D eigenvalue weighted by atomic mass is 16.6. The third-order valence-corrected chi connectivity index (χ3v) is 5.28. The number of nitrogens with one attached hydrogen (secondary N) is 1. The number of phenolic OH excluding ortho intramolecular Hbond substituents is 3. The summed E-state index contributed by atoms with van der Waals surface area (Å²) in [5.74, 6) is -0.742. The highest BCUT2D eigenvalue weighted by Gasteiger charge is 2.33. The van der Waals surface area contributed by atoms with Crippen molar-refractivity contribution in [3.63, 3.8) is 0 Å². The Morgan fingerprint density at radius 3 is 2.53 bits per heavy atom. The predicted molar refractivity (Wildman–Crippen MR) is 111 cm³/mol. The summed E-state index contributed by atoms with van der Waals surface area (Å²) in [6.07, 6.45) is -0.0976. The van der Waals surface area contributed by atoms with Crippen LogP contribution in [-0.4, -0.2) is 39.8 Å². The van der Waals surface area contributed by atoms with Crippen molar-refractivity contribution in [2.24, 2.45) is 0 Å². The van der Waals surface area contributed by atoms with E-state index in [-0.39, 0.29) is 41.9 Å². The van der Waals surface area contributed by atoms with Gasteiger partial charge in [-0.2, -0.15) is 0 Å². The minimum absolute atomic E-state index is 0.126. The molecule has 0 bridgehead atoms. The standard InChI is InChI=1S/C23H25NO6/c1-13(2)19(26)7-8-24-23(29)30-22-12-14-3-5-17(25)9-16(14)10-18(22)15-4-6-20(27)21(28)11-15/h3-6,9,11,18,22,25,27-28H,1,7-8,10,12H2,2H3,(H,24,29). The Morgan fingerprint density at radius 2 is 1.83 bits per heavy atom. The lowest BCUT2D eigenvalue weighted by molar-refractivity contribution is -0.115. The molecular formula is C23H25NO6. The number of rotatable bonds is 6. The molecule has 0 heterocycles. The van der Waals surface area contributed by atoms with Gasteiger partial charge < -0.3 is 25.4 Å². The van der Waals surface area contributed by atoms with Crippen molar-refractivity contribution in [2.75, 3.05) is 6.54 Å². The lowest BCUT2D eigenvalue weighted by Crippen LogP contribution is -2.37. The summed E-state index contributed by atoms with van der Waals surface area (Å²) in [4.78, 5) is 23.9. The van der Waals surface area contributed by atoms with Crippen LogP contribution in [0.15, 0.2) is 48.6 Å². The van der Waals surface area contributed by atoms with Gasteiger partial charge in [-0.3, -0.25) is 4.79 Å². The number of ether oxygens (including phenoxy) is 1. The molecule has 2 aromatic rings. The number of phenols is 3. The lowest BCUT2D eigenvalue weighted by atomic mass is 9.78. The van der Waals surface area contributed by atoms with E-state index in [1.54, 1.807) is 31.2 Å².